The molecule has 0 radical (unpaired) electrons. The van der Waals surface area contributed by atoms with Gasteiger partial charge in [0.15, 0.2) is 0 Å². The molecule has 0 aliphatic heterocycles. The Bertz CT molecular complexity index is 581. The zero-order valence-corrected chi connectivity index (χ0v) is 18.2. The Morgan fingerprint density at radius 3 is 1.93 bits per heavy atom. The van der Waals surface area contributed by atoms with Gasteiger partial charge < -0.3 is 4.74 Å². The van der Waals surface area contributed by atoms with Crippen molar-refractivity contribution < 1.29 is 17.3 Å². The van der Waals surface area contributed by atoms with Gasteiger partial charge in [-0.15, -0.1) is 0 Å². The summed E-state index contributed by atoms with van der Waals surface area (Å²) in [5, 5.41) is 0. The van der Waals surface area contributed by atoms with Crippen LogP contribution in [0.5, 0.6) is 0 Å². The summed E-state index contributed by atoms with van der Waals surface area (Å²) in [6.07, 6.45) is 12.6. The molecular formula is C22H38O4S. The highest BCUT2D eigenvalue weighted by Gasteiger charge is 2.16. The normalized spacial score (nSPS) is 13.0. The van der Waals surface area contributed by atoms with E-state index in [0.717, 1.165) is 12.0 Å². The van der Waals surface area contributed by atoms with Crippen LogP contribution >= 0.6 is 0 Å². The van der Waals surface area contributed by atoms with Gasteiger partial charge in [0.25, 0.3) is 10.1 Å². The van der Waals surface area contributed by atoms with Crippen LogP contribution in [0.3, 0.4) is 0 Å². The average Bonchev–Trinajstić information content (AvgIpc) is 2.65. The first kappa shape index (κ1) is 24.1. The highest BCUT2D eigenvalue weighted by atomic mass is 32.2. The quantitative estimate of drug-likeness (QED) is 0.252. The van der Waals surface area contributed by atoms with Gasteiger partial charge in [-0.3, -0.25) is 4.18 Å². The van der Waals surface area contributed by atoms with Gasteiger partial charge >= 0.3 is 0 Å². The fourth-order valence-corrected chi connectivity index (χ4v) is 3.86. The van der Waals surface area contributed by atoms with Crippen LogP contribution in [-0.4, -0.2) is 27.7 Å². The highest BCUT2D eigenvalue weighted by molar-refractivity contribution is 7.86. The molecule has 4 nitrogen and oxygen atoms in total. The lowest BCUT2D eigenvalue weighted by Crippen LogP contribution is -2.20. The fourth-order valence-electron chi connectivity index (χ4n) is 2.88. The minimum Gasteiger partial charge on any atom is -0.376 e. The van der Waals surface area contributed by atoms with Crippen LogP contribution < -0.4 is 0 Å². The van der Waals surface area contributed by atoms with Crippen LogP contribution in [0.1, 0.15) is 83.6 Å². The fraction of sp³-hybridized carbons (Fsp3) is 0.727. The molecule has 0 bridgehead atoms. The molecule has 0 saturated heterocycles. The molecule has 1 unspecified atom stereocenters. The lowest BCUT2D eigenvalue weighted by molar-refractivity contribution is 0.0318. The smallest absolute Gasteiger partial charge is 0.297 e. The predicted molar refractivity (Wildman–Crippen MR) is 112 cm³/mol. The number of benzene rings is 1. The number of hydrogen-bond acceptors (Lipinski definition) is 4. The van der Waals surface area contributed by atoms with Crippen molar-refractivity contribution >= 4 is 10.1 Å². The van der Waals surface area contributed by atoms with E-state index in [1.54, 1.807) is 24.3 Å². The van der Waals surface area contributed by atoms with Crippen molar-refractivity contribution in [2.24, 2.45) is 0 Å². The van der Waals surface area contributed by atoms with Crippen LogP contribution in [0.15, 0.2) is 29.2 Å². The molecule has 0 aromatic heterocycles. The summed E-state index contributed by atoms with van der Waals surface area (Å²) < 4.78 is 35.0. The van der Waals surface area contributed by atoms with E-state index in [0.29, 0.717) is 6.61 Å². The van der Waals surface area contributed by atoms with Crippen molar-refractivity contribution in [3.05, 3.63) is 29.8 Å². The van der Waals surface area contributed by atoms with E-state index in [1.165, 1.54) is 57.8 Å². The Balaban J connectivity index is 2.04. The minimum atomic E-state index is -3.71. The van der Waals surface area contributed by atoms with Crippen LogP contribution in [0.4, 0.5) is 0 Å². The zero-order valence-electron chi connectivity index (χ0n) is 17.4. The average molecular weight is 399 g/mol. The second kappa shape index (κ2) is 14.1. The second-order valence-electron chi connectivity index (χ2n) is 7.42. The summed E-state index contributed by atoms with van der Waals surface area (Å²) >= 11 is 0. The number of aryl methyl sites for hydroxylation is 1. The van der Waals surface area contributed by atoms with E-state index in [4.69, 9.17) is 8.92 Å². The summed E-state index contributed by atoms with van der Waals surface area (Å²) in [6.45, 7) is 6.72. The number of hydrogen-bond donors (Lipinski definition) is 0. The first-order valence-electron chi connectivity index (χ1n) is 10.5. The van der Waals surface area contributed by atoms with Gasteiger partial charge in [0.2, 0.25) is 0 Å². The zero-order chi connectivity index (χ0) is 20.0. The summed E-state index contributed by atoms with van der Waals surface area (Å²) in [7, 11) is -3.71. The molecule has 0 saturated carbocycles. The second-order valence-corrected chi connectivity index (χ2v) is 9.03. The third-order valence-corrected chi connectivity index (χ3v) is 5.96. The first-order chi connectivity index (χ1) is 13.0. The van der Waals surface area contributed by atoms with E-state index in [-0.39, 0.29) is 17.6 Å². The van der Waals surface area contributed by atoms with Gasteiger partial charge in [0.1, 0.15) is 0 Å². The topological polar surface area (TPSA) is 52.6 Å². The molecule has 27 heavy (non-hydrogen) atoms. The van der Waals surface area contributed by atoms with Gasteiger partial charge in [-0.2, -0.15) is 8.42 Å². The Hall–Kier alpha value is -0.910. The largest absolute Gasteiger partial charge is 0.376 e. The van der Waals surface area contributed by atoms with Crippen molar-refractivity contribution in [3.8, 4) is 0 Å². The van der Waals surface area contributed by atoms with Gasteiger partial charge in [0, 0.05) is 6.61 Å². The molecule has 156 valence electrons. The Morgan fingerprint density at radius 1 is 0.852 bits per heavy atom. The van der Waals surface area contributed by atoms with Crippen molar-refractivity contribution in [1.82, 2.24) is 0 Å². The molecule has 0 aliphatic rings. The Labute approximate surface area is 166 Å². The van der Waals surface area contributed by atoms with E-state index in [1.807, 2.05) is 13.8 Å². The van der Waals surface area contributed by atoms with Gasteiger partial charge in [-0.05, 0) is 32.4 Å². The summed E-state index contributed by atoms with van der Waals surface area (Å²) in [5.41, 5.74) is 1.02. The molecule has 0 amide bonds. The summed E-state index contributed by atoms with van der Waals surface area (Å²) in [5.74, 6) is 0. The summed E-state index contributed by atoms with van der Waals surface area (Å²) in [4.78, 5) is 0.190. The van der Waals surface area contributed by atoms with E-state index >= 15 is 0 Å². The molecule has 1 atom stereocenters. The molecule has 0 aliphatic carbocycles. The maximum atomic E-state index is 12.1. The maximum Gasteiger partial charge on any atom is 0.297 e. The molecule has 1 rings (SSSR count). The molecule has 0 heterocycles. The third kappa shape index (κ3) is 11.5. The van der Waals surface area contributed by atoms with Crippen LogP contribution in [0, 0.1) is 6.92 Å². The van der Waals surface area contributed by atoms with Crippen LogP contribution in [0.2, 0.25) is 0 Å². The Morgan fingerprint density at radius 2 is 1.37 bits per heavy atom. The molecular weight excluding hydrogens is 360 g/mol. The Kier molecular flexibility index (Phi) is 12.6. The third-order valence-electron chi connectivity index (χ3n) is 4.67. The monoisotopic (exact) mass is 398 g/mol. The molecule has 1 aromatic rings. The standard InChI is InChI=1S/C22H38O4S/c1-4-5-6-7-8-9-10-11-12-13-18-25-21(3)19-26-27(23,24)22-16-14-20(2)15-17-22/h14-17,21H,4-13,18-19H2,1-3H3. The van der Waals surface area contributed by atoms with Crippen molar-refractivity contribution in [1.29, 1.82) is 0 Å². The molecule has 0 fully saturated rings. The number of rotatable bonds is 16. The predicted octanol–water partition coefficient (Wildman–Crippen LogP) is 6.03. The van der Waals surface area contributed by atoms with E-state index < -0.39 is 10.1 Å². The molecule has 0 spiro atoms. The molecule has 5 heteroatoms. The van der Waals surface area contributed by atoms with Crippen LogP contribution in [0.25, 0.3) is 0 Å². The SMILES string of the molecule is CCCCCCCCCCCCOC(C)COS(=O)(=O)c1ccc(C)cc1. The lowest BCUT2D eigenvalue weighted by atomic mass is 10.1. The molecule has 0 N–H and O–H groups in total. The number of unbranched alkanes of at least 4 members (excludes halogenated alkanes) is 9. The maximum absolute atomic E-state index is 12.1. The van der Waals surface area contributed by atoms with Gasteiger partial charge in [0.05, 0.1) is 17.6 Å². The van der Waals surface area contributed by atoms with Crippen molar-refractivity contribution in [2.45, 2.75) is 96.0 Å². The van der Waals surface area contributed by atoms with Gasteiger partial charge in [-0.25, -0.2) is 0 Å². The lowest BCUT2D eigenvalue weighted by Gasteiger charge is -2.13. The molecule has 1 aromatic carbocycles. The summed E-state index contributed by atoms with van der Waals surface area (Å²) in [6, 6.07) is 6.67. The minimum absolute atomic E-state index is 0.0496. The first-order valence-corrected chi connectivity index (χ1v) is 11.9. The highest BCUT2D eigenvalue weighted by Crippen LogP contribution is 2.14. The van der Waals surface area contributed by atoms with Gasteiger partial charge in [-0.1, -0.05) is 82.4 Å². The van der Waals surface area contributed by atoms with E-state index in [2.05, 4.69) is 6.92 Å². The van der Waals surface area contributed by atoms with E-state index in [9.17, 15) is 8.42 Å². The number of ether oxygens (including phenoxy) is 1. The van der Waals surface area contributed by atoms with Crippen molar-refractivity contribution in [3.63, 3.8) is 0 Å². The van der Waals surface area contributed by atoms with Crippen LogP contribution in [-0.2, 0) is 19.0 Å². The van der Waals surface area contributed by atoms with Crippen molar-refractivity contribution in [2.75, 3.05) is 13.2 Å².